The molecule has 2 aliphatic rings. The predicted molar refractivity (Wildman–Crippen MR) is 164 cm³/mol. The number of benzene rings is 1. The molecular weight excluding hydrogens is 633 g/mol. The van der Waals surface area contributed by atoms with Crippen LogP contribution in [-0.2, 0) is 27.5 Å². The topological polar surface area (TPSA) is 132 Å². The molecule has 1 amide bonds. The van der Waals surface area contributed by atoms with Crippen LogP contribution in [0, 0.1) is 12.8 Å². The number of halogens is 2. The molecule has 4 atom stereocenters. The van der Waals surface area contributed by atoms with E-state index in [2.05, 4.69) is 41.3 Å². The highest BCUT2D eigenvalue weighted by Gasteiger charge is 2.64. The summed E-state index contributed by atoms with van der Waals surface area (Å²) in [6.07, 6.45) is 3.96. The molecule has 13 heteroatoms. The second-order valence-electron chi connectivity index (χ2n) is 11.5. The van der Waals surface area contributed by atoms with Crippen LogP contribution >= 0.6 is 15.9 Å². The van der Waals surface area contributed by atoms with E-state index in [0.29, 0.717) is 45.7 Å². The van der Waals surface area contributed by atoms with E-state index < -0.39 is 18.6 Å². The molecule has 2 saturated heterocycles. The molecule has 11 nitrogen and oxygen atoms in total. The second kappa shape index (κ2) is 11.9. The van der Waals surface area contributed by atoms with Crippen LogP contribution in [-0.4, -0.2) is 78.5 Å². The number of ether oxygens (including phenoxy) is 1. The summed E-state index contributed by atoms with van der Waals surface area (Å²) in [7, 11) is 0. The number of Topliss-reactive ketones (excluding diaryl/α,β-unsaturated/α-hetero) is 2. The van der Waals surface area contributed by atoms with E-state index in [-0.39, 0.29) is 48.5 Å². The highest BCUT2D eigenvalue weighted by atomic mass is 79.9. The van der Waals surface area contributed by atoms with Crippen LogP contribution in [0.15, 0.2) is 47.3 Å². The van der Waals surface area contributed by atoms with E-state index in [1.165, 1.54) is 6.92 Å². The standard InChI is InChI=1S/C31H31BrFN7O4/c1-17(41)27-22-10-19(21-12-34-18(2)35-13-21)4-6-24(22)40(38-27)14-25(42)28-23(11-31(3)16-39(28)31)30(43)37-29-20(15-44-9-8-33)5-7-26(32)36-29/h4-7,10,12-13,23,28H,8-9,11,14-16H2,1-3H3,(H,36,37,43)/t23-,28?,31+,39+/m0/s1. The maximum absolute atomic E-state index is 13.9. The molecule has 3 aromatic heterocycles. The van der Waals surface area contributed by atoms with Gasteiger partial charge in [0.05, 0.1) is 30.7 Å². The molecule has 0 aliphatic carbocycles. The van der Waals surface area contributed by atoms with E-state index in [1.807, 2.05) is 36.9 Å². The number of ketones is 2. The number of amides is 1. The third-order valence-corrected chi connectivity index (χ3v) is 8.76. The van der Waals surface area contributed by atoms with Gasteiger partial charge in [0.25, 0.3) is 0 Å². The summed E-state index contributed by atoms with van der Waals surface area (Å²) < 4.78 is 20.0. The molecule has 0 radical (unpaired) electrons. The highest BCUT2D eigenvalue weighted by molar-refractivity contribution is 9.10. The number of carbonyl (C=O) groups is 3. The summed E-state index contributed by atoms with van der Waals surface area (Å²) in [6, 6.07) is 8.38. The molecule has 0 spiro atoms. The molecule has 2 aliphatic heterocycles. The van der Waals surface area contributed by atoms with Crippen molar-refractivity contribution >= 4 is 50.1 Å². The highest BCUT2D eigenvalue weighted by Crippen LogP contribution is 2.50. The van der Waals surface area contributed by atoms with Crippen molar-refractivity contribution in [2.75, 3.05) is 25.1 Å². The van der Waals surface area contributed by atoms with Gasteiger partial charge in [-0.15, -0.1) is 0 Å². The molecular formula is C31H31BrFN7O4. The summed E-state index contributed by atoms with van der Waals surface area (Å²) >= 11 is 3.34. The first kappa shape index (κ1) is 30.1. The van der Waals surface area contributed by atoms with Crippen molar-refractivity contribution in [1.82, 2.24) is 29.6 Å². The van der Waals surface area contributed by atoms with Crippen LogP contribution in [0.25, 0.3) is 22.0 Å². The van der Waals surface area contributed by atoms with Crippen molar-refractivity contribution in [3.63, 3.8) is 0 Å². The number of nitrogens with one attached hydrogen (secondary N) is 1. The molecule has 5 heterocycles. The number of hydrogen-bond acceptors (Lipinski definition) is 9. The van der Waals surface area contributed by atoms with Crippen LogP contribution in [0.4, 0.5) is 10.2 Å². The molecule has 0 bridgehead atoms. The number of aromatic nitrogens is 5. The van der Waals surface area contributed by atoms with E-state index in [9.17, 15) is 18.8 Å². The van der Waals surface area contributed by atoms with Crippen molar-refractivity contribution in [1.29, 1.82) is 0 Å². The summed E-state index contributed by atoms with van der Waals surface area (Å²) in [6.45, 7) is 5.31. The molecule has 2 fully saturated rings. The number of rotatable bonds is 11. The number of alkyl halides is 1. The summed E-state index contributed by atoms with van der Waals surface area (Å²) in [5, 5.41) is 8.06. The molecule has 4 aromatic rings. The zero-order valence-electron chi connectivity index (χ0n) is 24.5. The van der Waals surface area contributed by atoms with Crippen molar-refractivity contribution in [2.24, 2.45) is 5.92 Å². The Labute approximate surface area is 261 Å². The minimum absolute atomic E-state index is 0.0644. The van der Waals surface area contributed by atoms with Gasteiger partial charge in [0, 0.05) is 47.9 Å². The first-order chi connectivity index (χ1) is 21.1. The number of fused-ring (bicyclic) bond motifs is 2. The zero-order chi connectivity index (χ0) is 31.2. The summed E-state index contributed by atoms with van der Waals surface area (Å²) in [5.41, 5.74) is 2.89. The lowest BCUT2D eigenvalue weighted by Gasteiger charge is -2.22. The average molecular weight is 665 g/mol. The number of piperidine rings is 1. The smallest absolute Gasteiger partial charge is 0.230 e. The Morgan fingerprint density at radius 1 is 1.16 bits per heavy atom. The van der Waals surface area contributed by atoms with Gasteiger partial charge >= 0.3 is 0 Å². The minimum atomic E-state index is -0.664. The molecule has 228 valence electrons. The van der Waals surface area contributed by atoms with Gasteiger partial charge in [0.2, 0.25) is 5.91 Å². The van der Waals surface area contributed by atoms with Gasteiger partial charge in [-0.05, 0) is 60.0 Å². The van der Waals surface area contributed by atoms with Crippen LogP contribution in [0.1, 0.15) is 42.1 Å². The largest absolute Gasteiger partial charge is 0.374 e. The molecule has 44 heavy (non-hydrogen) atoms. The minimum Gasteiger partial charge on any atom is -0.374 e. The van der Waals surface area contributed by atoms with Crippen LogP contribution in [0.5, 0.6) is 0 Å². The number of pyridine rings is 1. The van der Waals surface area contributed by atoms with Gasteiger partial charge < -0.3 is 10.1 Å². The predicted octanol–water partition coefficient (Wildman–Crippen LogP) is 4.32. The Balaban J connectivity index is 1.25. The average Bonchev–Trinajstić information content (AvgIpc) is 3.35. The Morgan fingerprint density at radius 3 is 2.66 bits per heavy atom. The van der Waals surface area contributed by atoms with Crippen molar-refractivity contribution < 1.29 is 23.5 Å². The SMILES string of the molecule is CC(=O)c1nn(CC(=O)C2[C@@H](C(=O)Nc3nc(Br)ccc3COCCF)C[C@]3(C)C[N@]23)c2ccc(-c3cnc(C)nc3)cc12. The number of aryl methyl sites for hydroxylation is 1. The van der Waals surface area contributed by atoms with Crippen molar-refractivity contribution in [2.45, 2.75) is 51.9 Å². The molecule has 6 rings (SSSR count). The molecule has 1 unspecified atom stereocenters. The monoisotopic (exact) mass is 663 g/mol. The van der Waals surface area contributed by atoms with E-state index in [4.69, 9.17) is 4.74 Å². The first-order valence-corrected chi connectivity index (χ1v) is 15.1. The fraction of sp³-hybridized carbons (Fsp3) is 0.387. The third-order valence-electron chi connectivity index (χ3n) is 8.31. The molecule has 1 aromatic carbocycles. The quantitative estimate of drug-likeness (QED) is 0.108. The Morgan fingerprint density at radius 2 is 1.93 bits per heavy atom. The van der Waals surface area contributed by atoms with E-state index >= 15 is 0 Å². The lowest BCUT2D eigenvalue weighted by atomic mass is 9.90. The number of nitrogens with zero attached hydrogens (tertiary/aromatic N) is 6. The lowest BCUT2D eigenvalue weighted by Crippen LogP contribution is -2.41. The maximum atomic E-state index is 13.9. The Bertz CT molecular complexity index is 1780. The number of hydrogen-bond donors (Lipinski definition) is 1. The van der Waals surface area contributed by atoms with Crippen LogP contribution < -0.4 is 5.32 Å². The van der Waals surface area contributed by atoms with Crippen molar-refractivity contribution in [3.8, 4) is 11.1 Å². The van der Waals surface area contributed by atoms with E-state index in [0.717, 1.165) is 11.1 Å². The van der Waals surface area contributed by atoms with Gasteiger partial charge in [-0.3, -0.25) is 24.0 Å². The maximum Gasteiger partial charge on any atom is 0.230 e. The van der Waals surface area contributed by atoms with Crippen molar-refractivity contribution in [3.05, 3.63) is 64.4 Å². The van der Waals surface area contributed by atoms with Gasteiger partial charge in [-0.25, -0.2) is 19.3 Å². The van der Waals surface area contributed by atoms with Crippen LogP contribution in [0.2, 0.25) is 0 Å². The van der Waals surface area contributed by atoms with E-state index in [1.54, 1.807) is 29.2 Å². The van der Waals surface area contributed by atoms with Crippen LogP contribution in [0.3, 0.4) is 0 Å². The zero-order valence-corrected chi connectivity index (χ0v) is 26.1. The van der Waals surface area contributed by atoms with Gasteiger partial charge in [-0.2, -0.15) is 5.10 Å². The molecule has 0 saturated carbocycles. The fourth-order valence-electron chi connectivity index (χ4n) is 6.04. The normalized spacial score (nSPS) is 22.2. The number of anilines is 1. The van der Waals surface area contributed by atoms with Gasteiger partial charge in [0.1, 0.15) is 35.2 Å². The second-order valence-corrected chi connectivity index (χ2v) is 12.3. The van der Waals surface area contributed by atoms with Gasteiger partial charge in [-0.1, -0.05) is 12.1 Å². The fourth-order valence-corrected chi connectivity index (χ4v) is 6.35. The summed E-state index contributed by atoms with van der Waals surface area (Å²) in [5.74, 6) is -0.381. The number of carbonyl (C=O) groups excluding carboxylic acids is 3. The Kier molecular flexibility index (Phi) is 8.12. The lowest BCUT2D eigenvalue weighted by molar-refractivity contribution is -0.129. The van der Waals surface area contributed by atoms with Gasteiger partial charge in [0.15, 0.2) is 11.6 Å². The summed E-state index contributed by atoms with van der Waals surface area (Å²) in [4.78, 5) is 55.1. The Hall–Kier alpha value is -3.94. The first-order valence-electron chi connectivity index (χ1n) is 14.3. The third kappa shape index (κ3) is 5.78. The molecule has 1 N–H and O–H groups in total.